The average Bonchev–Trinajstić information content (AvgIpc) is 2.33. The van der Waals surface area contributed by atoms with Crippen LogP contribution < -0.4 is 0 Å². The first kappa shape index (κ1) is 3.90. The van der Waals surface area contributed by atoms with Gasteiger partial charge in [0.1, 0.15) is 0 Å². The Kier molecular flexibility index (Phi) is 0.571. The van der Waals surface area contributed by atoms with E-state index in [0.717, 1.165) is 18.3 Å². The molecule has 0 radical (unpaired) electrons. The lowest BCUT2D eigenvalue weighted by Gasteiger charge is -1.97. The molecule has 3 atom stereocenters. The maximum absolute atomic E-state index is 9.04. The van der Waals surface area contributed by atoms with Crippen LogP contribution >= 0.6 is 0 Å². The zero-order valence-electron chi connectivity index (χ0n) is 4.30. The zero-order valence-corrected chi connectivity index (χ0v) is 4.30. The summed E-state index contributed by atoms with van der Waals surface area (Å²) >= 11 is 0. The molecule has 0 aliphatic heterocycles. The molecule has 2 aliphatic rings. The van der Waals surface area contributed by atoms with Crippen LogP contribution in [0.25, 0.3) is 0 Å². The van der Waals surface area contributed by atoms with Crippen LogP contribution in [0.2, 0.25) is 0 Å². The van der Waals surface area contributed by atoms with E-state index in [2.05, 4.69) is 0 Å². The van der Waals surface area contributed by atoms with E-state index in [4.69, 9.17) is 5.11 Å². The molecule has 1 N–H and O–H groups in total. The highest BCUT2D eigenvalue weighted by Crippen LogP contribution is 2.51. The zero-order chi connectivity index (χ0) is 4.85. The number of fused-ring (bicyclic) bond motifs is 1. The Hall–Kier alpha value is -0.0400. The molecule has 0 aromatic carbocycles. The summed E-state index contributed by atoms with van der Waals surface area (Å²) in [6, 6.07) is 0. The van der Waals surface area contributed by atoms with Gasteiger partial charge in [-0.3, -0.25) is 0 Å². The molecule has 1 heteroatoms. The summed E-state index contributed by atoms with van der Waals surface area (Å²) in [5.41, 5.74) is 0. The van der Waals surface area contributed by atoms with Crippen molar-refractivity contribution < 1.29 is 5.11 Å². The summed E-state index contributed by atoms with van der Waals surface area (Å²) in [6.07, 6.45) is 3.78. The predicted octanol–water partition coefficient (Wildman–Crippen LogP) is 0.777. The topological polar surface area (TPSA) is 20.2 Å². The number of hydrogen-bond donors (Lipinski definition) is 1. The normalized spacial score (nSPS) is 57.0. The van der Waals surface area contributed by atoms with Gasteiger partial charge in [0.15, 0.2) is 0 Å². The molecule has 0 spiro atoms. The van der Waals surface area contributed by atoms with E-state index in [1.807, 2.05) is 0 Å². The van der Waals surface area contributed by atoms with Gasteiger partial charge in [-0.15, -0.1) is 0 Å². The summed E-state index contributed by atoms with van der Waals surface area (Å²) in [5.74, 6) is 1.68. The van der Waals surface area contributed by atoms with Gasteiger partial charge in [0.05, 0.1) is 6.10 Å². The van der Waals surface area contributed by atoms with Gasteiger partial charge in [-0.1, -0.05) is 0 Å². The van der Waals surface area contributed by atoms with Crippen molar-refractivity contribution in [2.24, 2.45) is 11.8 Å². The fourth-order valence-corrected chi connectivity index (χ4v) is 1.67. The maximum Gasteiger partial charge on any atom is 0.0571 e. The number of aliphatic hydroxyl groups excluding tert-OH is 1. The molecule has 1 unspecified atom stereocenters. The second-order valence-corrected chi connectivity index (χ2v) is 2.80. The highest BCUT2D eigenvalue weighted by atomic mass is 16.3. The standard InChI is InChI=1S/C6H10O/c7-6-2-1-4-3-5(4)6/h4-7H,1-3H2/t4-,5+,6?/m1/s1. The predicted molar refractivity (Wildman–Crippen MR) is 26.8 cm³/mol. The fourth-order valence-electron chi connectivity index (χ4n) is 1.67. The van der Waals surface area contributed by atoms with Gasteiger partial charge in [0, 0.05) is 0 Å². The molecule has 0 heterocycles. The van der Waals surface area contributed by atoms with E-state index >= 15 is 0 Å². The van der Waals surface area contributed by atoms with Gasteiger partial charge in [-0.25, -0.2) is 0 Å². The minimum Gasteiger partial charge on any atom is -0.393 e. The van der Waals surface area contributed by atoms with Crippen LogP contribution in [-0.2, 0) is 0 Å². The molecule has 2 aliphatic carbocycles. The van der Waals surface area contributed by atoms with Crippen molar-refractivity contribution in [3.8, 4) is 0 Å². The van der Waals surface area contributed by atoms with Crippen molar-refractivity contribution in [3.63, 3.8) is 0 Å². The SMILES string of the molecule is OC1CC[C@@H]2C[C@H]12. The first-order valence-electron chi connectivity index (χ1n) is 3.06. The van der Waals surface area contributed by atoms with Crippen LogP contribution in [0.15, 0.2) is 0 Å². The molecule has 0 saturated heterocycles. The van der Waals surface area contributed by atoms with E-state index in [1.165, 1.54) is 12.8 Å². The van der Waals surface area contributed by atoms with Gasteiger partial charge in [-0.05, 0) is 31.1 Å². The molecule has 0 bridgehead atoms. The number of aliphatic hydroxyl groups is 1. The summed E-state index contributed by atoms with van der Waals surface area (Å²) < 4.78 is 0. The Morgan fingerprint density at radius 1 is 1.29 bits per heavy atom. The van der Waals surface area contributed by atoms with Gasteiger partial charge in [0.2, 0.25) is 0 Å². The van der Waals surface area contributed by atoms with Crippen molar-refractivity contribution in [2.45, 2.75) is 25.4 Å². The van der Waals surface area contributed by atoms with Crippen molar-refractivity contribution in [1.82, 2.24) is 0 Å². The summed E-state index contributed by atoms with van der Waals surface area (Å²) in [4.78, 5) is 0. The minimum atomic E-state index is 0.0880. The smallest absolute Gasteiger partial charge is 0.0571 e. The van der Waals surface area contributed by atoms with E-state index in [-0.39, 0.29) is 6.10 Å². The number of rotatable bonds is 0. The average molecular weight is 98.1 g/mol. The molecule has 2 fully saturated rings. The first-order valence-corrected chi connectivity index (χ1v) is 3.06. The van der Waals surface area contributed by atoms with Gasteiger partial charge in [-0.2, -0.15) is 0 Å². The van der Waals surface area contributed by atoms with Crippen molar-refractivity contribution in [3.05, 3.63) is 0 Å². The van der Waals surface area contributed by atoms with E-state index < -0.39 is 0 Å². The largest absolute Gasteiger partial charge is 0.393 e. The Bertz CT molecular complexity index is 90.2. The lowest BCUT2D eigenvalue weighted by molar-refractivity contribution is 0.159. The third-order valence-corrected chi connectivity index (χ3v) is 2.30. The lowest BCUT2D eigenvalue weighted by Crippen LogP contribution is -2.02. The maximum atomic E-state index is 9.04. The Balaban J connectivity index is 2.08. The van der Waals surface area contributed by atoms with Gasteiger partial charge >= 0.3 is 0 Å². The number of hydrogen-bond acceptors (Lipinski definition) is 1. The van der Waals surface area contributed by atoms with Crippen LogP contribution in [0.4, 0.5) is 0 Å². The molecule has 2 rings (SSSR count). The van der Waals surface area contributed by atoms with Crippen LogP contribution in [0, 0.1) is 11.8 Å². The molecule has 2 saturated carbocycles. The molecular formula is C6H10O. The van der Waals surface area contributed by atoms with E-state index in [0.29, 0.717) is 0 Å². The third-order valence-electron chi connectivity index (χ3n) is 2.30. The minimum absolute atomic E-state index is 0.0880. The summed E-state index contributed by atoms with van der Waals surface area (Å²) in [7, 11) is 0. The van der Waals surface area contributed by atoms with Gasteiger partial charge in [0.25, 0.3) is 0 Å². The quantitative estimate of drug-likeness (QED) is 0.474. The second kappa shape index (κ2) is 1.03. The van der Waals surface area contributed by atoms with Gasteiger partial charge < -0.3 is 5.11 Å². The monoisotopic (exact) mass is 98.1 g/mol. The van der Waals surface area contributed by atoms with Crippen molar-refractivity contribution >= 4 is 0 Å². The molecule has 7 heavy (non-hydrogen) atoms. The Morgan fingerprint density at radius 3 is 2.29 bits per heavy atom. The molecule has 0 amide bonds. The second-order valence-electron chi connectivity index (χ2n) is 2.80. The third kappa shape index (κ3) is 0.418. The van der Waals surface area contributed by atoms with Crippen LogP contribution in [0.3, 0.4) is 0 Å². The lowest BCUT2D eigenvalue weighted by atomic mass is 10.2. The van der Waals surface area contributed by atoms with Crippen molar-refractivity contribution in [2.75, 3.05) is 0 Å². The highest BCUT2D eigenvalue weighted by molar-refractivity contribution is 4.97. The molecule has 1 nitrogen and oxygen atoms in total. The summed E-state index contributed by atoms with van der Waals surface area (Å²) in [5, 5.41) is 9.04. The molecule has 0 aromatic heterocycles. The van der Waals surface area contributed by atoms with Crippen molar-refractivity contribution in [1.29, 1.82) is 0 Å². The van der Waals surface area contributed by atoms with Crippen LogP contribution in [0.1, 0.15) is 19.3 Å². The molecule has 40 valence electrons. The Labute approximate surface area is 43.3 Å². The van der Waals surface area contributed by atoms with Crippen LogP contribution in [-0.4, -0.2) is 11.2 Å². The first-order chi connectivity index (χ1) is 3.38. The highest BCUT2D eigenvalue weighted by Gasteiger charge is 2.47. The molecule has 0 aromatic rings. The van der Waals surface area contributed by atoms with E-state index in [1.54, 1.807) is 0 Å². The van der Waals surface area contributed by atoms with E-state index in [9.17, 15) is 0 Å². The fraction of sp³-hybridized carbons (Fsp3) is 1.00. The molecular weight excluding hydrogens is 88.1 g/mol. The van der Waals surface area contributed by atoms with Crippen LogP contribution in [0.5, 0.6) is 0 Å². The summed E-state index contributed by atoms with van der Waals surface area (Å²) in [6.45, 7) is 0. The Morgan fingerprint density at radius 2 is 2.14 bits per heavy atom.